The molecular weight excluding hydrogens is 372 g/mol. The molecule has 3 rings (SSSR count). The molecule has 1 heterocycles. The quantitative estimate of drug-likeness (QED) is 0.720. The Morgan fingerprint density at radius 3 is 2.30 bits per heavy atom. The standard InChI is InChI=1S/C18H22N2O6S/c1-12(21)19-14-4-2-13(3-5-14)18(23)26-10-17(22)20(15-6-7-15)16-8-9-27(24,25)11-16/h2-5,15-16H,6-11H2,1H3,(H,19,21)/t16-/m0/s1. The highest BCUT2D eigenvalue weighted by atomic mass is 32.2. The van der Waals surface area contributed by atoms with Crippen molar-refractivity contribution in [2.24, 2.45) is 0 Å². The van der Waals surface area contributed by atoms with Gasteiger partial charge in [-0.2, -0.15) is 0 Å². The number of anilines is 1. The van der Waals surface area contributed by atoms with E-state index in [0.717, 1.165) is 12.8 Å². The fourth-order valence-corrected chi connectivity index (χ4v) is 4.94. The van der Waals surface area contributed by atoms with E-state index in [-0.39, 0.29) is 41.0 Å². The number of esters is 1. The summed E-state index contributed by atoms with van der Waals surface area (Å²) in [6.45, 7) is 0.967. The van der Waals surface area contributed by atoms with Gasteiger partial charge in [0, 0.05) is 24.7 Å². The Morgan fingerprint density at radius 1 is 1.11 bits per heavy atom. The van der Waals surface area contributed by atoms with E-state index < -0.39 is 22.4 Å². The molecule has 1 aromatic rings. The summed E-state index contributed by atoms with van der Waals surface area (Å²) in [5.74, 6) is -1.15. The third-order valence-corrected chi connectivity index (χ3v) is 6.35. The van der Waals surface area contributed by atoms with E-state index >= 15 is 0 Å². The van der Waals surface area contributed by atoms with Crippen LogP contribution in [0.3, 0.4) is 0 Å². The summed E-state index contributed by atoms with van der Waals surface area (Å²) in [4.78, 5) is 37.3. The van der Waals surface area contributed by atoms with E-state index in [1.165, 1.54) is 19.1 Å². The number of hydrogen-bond donors (Lipinski definition) is 1. The Labute approximate surface area is 157 Å². The highest BCUT2D eigenvalue weighted by molar-refractivity contribution is 7.91. The topological polar surface area (TPSA) is 110 Å². The van der Waals surface area contributed by atoms with Gasteiger partial charge in [-0.3, -0.25) is 9.59 Å². The molecule has 1 aliphatic heterocycles. The van der Waals surface area contributed by atoms with Crippen molar-refractivity contribution >= 4 is 33.3 Å². The Hall–Kier alpha value is -2.42. The van der Waals surface area contributed by atoms with Crippen LogP contribution < -0.4 is 5.32 Å². The molecule has 146 valence electrons. The van der Waals surface area contributed by atoms with Crippen molar-refractivity contribution in [2.45, 2.75) is 38.3 Å². The van der Waals surface area contributed by atoms with Gasteiger partial charge in [0.15, 0.2) is 16.4 Å². The van der Waals surface area contributed by atoms with Gasteiger partial charge >= 0.3 is 5.97 Å². The molecule has 0 aromatic heterocycles. The van der Waals surface area contributed by atoms with Gasteiger partial charge in [-0.1, -0.05) is 0 Å². The molecule has 2 fully saturated rings. The third-order valence-electron chi connectivity index (χ3n) is 4.60. The number of amides is 2. The van der Waals surface area contributed by atoms with Crippen LogP contribution in [0.25, 0.3) is 0 Å². The molecule has 0 bridgehead atoms. The van der Waals surface area contributed by atoms with Gasteiger partial charge in [0.2, 0.25) is 5.91 Å². The van der Waals surface area contributed by atoms with E-state index in [1.807, 2.05) is 0 Å². The lowest BCUT2D eigenvalue weighted by atomic mass is 10.2. The van der Waals surface area contributed by atoms with Crippen LogP contribution in [-0.2, 0) is 24.2 Å². The molecule has 2 amide bonds. The first-order chi connectivity index (χ1) is 12.7. The number of nitrogens with zero attached hydrogens (tertiary/aromatic N) is 1. The van der Waals surface area contributed by atoms with Crippen LogP contribution in [-0.4, -0.2) is 61.3 Å². The van der Waals surface area contributed by atoms with Crippen LogP contribution in [0.15, 0.2) is 24.3 Å². The van der Waals surface area contributed by atoms with Gasteiger partial charge in [-0.05, 0) is 43.5 Å². The first kappa shape index (κ1) is 19.3. The average Bonchev–Trinajstić information content (AvgIpc) is 3.36. The predicted molar refractivity (Wildman–Crippen MR) is 98.0 cm³/mol. The maximum atomic E-state index is 12.5. The molecule has 1 aromatic carbocycles. The number of hydrogen-bond acceptors (Lipinski definition) is 6. The molecule has 1 atom stereocenters. The first-order valence-corrected chi connectivity index (χ1v) is 10.6. The third kappa shape index (κ3) is 5.06. The van der Waals surface area contributed by atoms with Crippen molar-refractivity contribution in [3.63, 3.8) is 0 Å². The van der Waals surface area contributed by atoms with Crippen molar-refractivity contribution in [1.82, 2.24) is 4.90 Å². The predicted octanol–water partition coefficient (Wildman–Crippen LogP) is 0.980. The van der Waals surface area contributed by atoms with Crippen molar-refractivity contribution < 1.29 is 27.5 Å². The zero-order valence-corrected chi connectivity index (χ0v) is 15.8. The molecule has 2 aliphatic rings. The number of rotatable bonds is 6. The highest BCUT2D eigenvalue weighted by Gasteiger charge is 2.42. The van der Waals surface area contributed by atoms with Gasteiger partial charge in [0.25, 0.3) is 5.91 Å². The summed E-state index contributed by atoms with van der Waals surface area (Å²) in [5.41, 5.74) is 0.816. The van der Waals surface area contributed by atoms with Crippen molar-refractivity contribution in [3.8, 4) is 0 Å². The zero-order chi connectivity index (χ0) is 19.6. The van der Waals surface area contributed by atoms with E-state index in [2.05, 4.69) is 5.32 Å². The number of ether oxygens (including phenoxy) is 1. The Bertz CT molecular complexity index is 845. The summed E-state index contributed by atoms with van der Waals surface area (Å²) in [6.07, 6.45) is 2.13. The Balaban J connectivity index is 1.57. The summed E-state index contributed by atoms with van der Waals surface area (Å²) in [6, 6.07) is 5.86. The second-order valence-electron chi connectivity index (χ2n) is 6.92. The van der Waals surface area contributed by atoms with Crippen molar-refractivity contribution in [1.29, 1.82) is 0 Å². The molecule has 1 saturated carbocycles. The zero-order valence-electron chi connectivity index (χ0n) is 15.0. The molecule has 9 heteroatoms. The second-order valence-corrected chi connectivity index (χ2v) is 9.15. The van der Waals surface area contributed by atoms with Gasteiger partial charge in [-0.15, -0.1) is 0 Å². The van der Waals surface area contributed by atoms with Crippen LogP contribution in [0.4, 0.5) is 5.69 Å². The average molecular weight is 394 g/mol. The van der Waals surface area contributed by atoms with Crippen LogP contribution in [0.1, 0.15) is 36.5 Å². The van der Waals surface area contributed by atoms with Crippen LogP contribution in [0, 0.1) is 0 Å². The van der Waals surface area contributed by atoms with Gasteiger partial charge < -0.3 is 15.0 Å². The van der Waals surface area contributed by atoms with Gasteiger partial charge in [0.05, 0.1) is 17.1 Å². The number of carbonyl (C=O) groups is 3. The van der Waals surface area contributed by atoms with Crippen LogP contribution >= 0.6 is 0 Å². The number of nitrogens with one attached hydrogen (secondary N) is 1. The van der Waals surface area contributed by atoms with Crippen molar-refractivity contribution in [3.05, 3.63) is 29.8 Å². The summed E-state index contributed by atoms with van der Waals surface area (Å²) >= 11 is 0. The summed E-state index contributed by atoms with van der Waals surface area (Å²) < 4.78 is 28.5. The molecule has 0 spiro atoms. The number of sulfone groups is 1. The molecule has 27 heavy (non-hydrogen) atoms. The molecule has 1 aliphatic carbocycles. The Morgan fingerprint density at radius 2 is 1.78 bits per heavy atom. The van der Waals surface area contributed by atoms with Gasteiger partial charge in [-0.25, -0.2) is 13.2 Å². The maximum absolute atomic E-state index is 12.5. The van der Waals surface area contributed by atoms with E-state index in [0.29, 0.717) is 12.1 Å². The minimum atomic E-state index is -3.10. The van der Waals surface area contributed by atoms with E-state index in [4.69, 9.17) is 4.74 Å². The van der Waals surface area contributed by atoms with E-state index in [9.17, 15) is 22.8 Å². The summed E-state index contributed by atoms with van der Waals surface area (Å²) in [5, 5.41) is 2.59. The molecule has 1 N–H and O–H groups in total. The molecular formula is C18H22N2O6S. The minimum Gasteiger partial charge on any atom is -0.452 e. The molecule has 0 unspecified atom stereocenters. The lowest BCUT2D eigenvalue weighted by Crippen LogP contribution is -2.44. The molecule has 1 saturated heterocycles. The molecule has 8 nitrogen and oxygen atoms in total. The fraction of sp³-hybridized carbons (Fsp3) is 0.500. The first-order valence-electron chi connectivity index (χ1n) is 8.81. The van der Waals surface area contributed by atoms with Crippen molar-refractivity contribution in [2.75, 3.05) is 23.4 Å². The van der Waals surface area contributed by atoms with Crippen LogP contribution in [0.5, 0.6) is 0 Å². The monoisotopic (exact) mass is 394 g/mol. The lowest BCUT2D eigenvalue weighted by Gasteiger charge is -2.28. The SMILES string of the molecule is CC(=O)Nc1ccc(C(=O)OCC(=O)N(C2CC2)[C@H]2CCS(=O)(=O)C2)cc1. The Kier molecular flexibility index (Phi) is 5.50. The second kappa shape index (κ2) is 7.67. The summed E-state index contributed by atoms with van der Waals surface area (Å²) in [7, 11) is -3.10. The van der Waals surface area contributed by atoms with Gasteiger partial charge in [0.1, 0.15) is 0 Å². The van der Waals surface area contributed by atoms with E-state index in [1.54, 1.807) is 17.0 Å². The smallest absolute Gasteiger partial charge is 0.338 e. The van der Waals surface area contributed by atoms with Crippen LogP contribution in [0.2, 0.25) is 0 Å². The number of benzene rings is 1. The fourth-order valence-electron chi connectivity index (χ4n) is 3.23. The highest BCUT2D eigenvalue weighted by Crippen LogP contribution is 2.32. The largest absolute Gasteiger partial charge is 0.452 e. The lowest BCUT2D eigenvalue weighted by molar-refractivity contribution is -0.137. The maximum Gasteiger partial charge on any atom is 0.338 e. The minimum absolute atomic E-state index is 0.0200. The number of carbonyl (C=O) groups excluding carboxylic acids is 3. The normalized spacial score (nSPS) is 20.7. The molecule has 0 radical (unpaired) electrons.